The van der Waals surface area contributed by atoms with Gasteiger partial charge in [0, 0.05) is 18.5 Å². The standard InChI is InChI=1S/C12H15N3O2S2/c1-4-8-5-9(15(3)14-8)6-18-12-13-7(2)10(19-12)11(16)17/h5H,4,6H2,1-3H3,(H,16,17). The maximum Gasteiger partial charge on any atom is 0.347 e. The molecule has 0 radical (unpaired) electrons. The van der Waals surface area contributed by atoms with E-state index in [1.807, 2.05) is 11.7 Å². The topological polar surface area (TPSA) is 68.0 Å². The molecular formula is C12H15N3O2S2. The number of hydrogen-bond acceptors (Lipinski definition) is 5. The average molecular weight is 297 g/mol. The van der Waals surface area contributed by atoms with Gasteiger partial charge in [-0.25, -0.2) is 9.78 Å². The molecule has 7 heteroatoms. The molecule has 0 fully saturated rings. The van der Waals surface area contributed by atoms with Crippen LogP contribution in [0.2, 0.25) is 0 Å². The first kappa shape index (κ1) is 14.1. The van der Waals surface area contributed by atoms with E-state index in [1.165, 1.54) is 11.3 Å². The van der Waals surface area contributed by atoms with E-state index in [9.17, 15) is 4.79 Å². The molecule has 5 nitrogen and oxygen atoms in total. The normalized spacial score (nSPS) is 10.9. The van der Waals surface area contributed by atoms with E-state index in [4.69, 9.17) is 5.11 Å². The summed E-state index contributed by atoms with van der Waals surface area (Å²) in [4.78, 5) is 15.5. The molecular weight excluding hydrogens is 282 g/mol. The van der Waals surface area contributed by atoms with Crippen molar-refractivity contribution in [3.63, 3.8) is 0 Å². The molecule has 0 saturated carbocycles. The molecule has 0 unspecified atom stereocenters. The first-order valence-corrected chi connectivity index (χ1v) is 7.66. The fraction of sp³-hybridized carbons (Fsp3) is 0.417. The Hall–Kier alpha value is -1.34. The second-order valence-corrected chi connectivity index (χ2v) is 6.31. The van der Waals surface area contributed by atoms with Gasteiger partial charge in [-0.3, -0.25) is 4.68 Å². The van der Waals surface area contributed by atoms with Gasteiger partial charge in [0.25, 0.3) is 0 Å². The van der Waals surface area contributed by atoms with Gasteiger partial charge < -0.3 is 5.11 Å². The lowest BCUT2D eigenvalue weighted by Crippen LogP contribution is -1.96. The Morgan fingerprint density at radius 2 is 2.32 bits per heavy atom. The van der Waals surface area contributed by atoms with Gasteiger partial charge in [0.05, 0.1) is 11.4 Å². The average Bonchev–Trinajstić information content (AvgIpc) is 2.90. The summed E-state index contributed by atoms with van der Waals surface area (Å²) < 4.78 is 2.65. The number of carbonyl (C=O) groups is 1. The number of carboxylic acids is 1. The molecule has 2 aromatic heterocycles. The number of aromatic nitrogens is 3. The highest BCUT2D eigenvalue weighted by Gasteiger charge is 2.14. The SMILES string of the molecule is CCc1cc(CSc2nc(C)c(C(=O)O)s2)n(C)n1. The monoisotopic (exact) mass is 297 g/mol. The largest absolute Gasteiger partial charge is 0.477 e. The molecule has 2 rings (SSSR count). The van der Waals surface area contributed by atoms with E-state index in [2.05, 4.69) is 23.1 Å². The fourth-order valence-corrected chi connectivity index (χ4v) is 3.69. The molecule has 2 aromatic rings. The Labute approximate surface area is 119 Å². The van der Waals surface area contributed by atoms with Gasteiger partial charge in [-0.15, -0.1) is 11.3 Å². The predicted octanol–water partition coefficient (Wildman–Crippen LogP) is 2.74. The number of thiazole rings is 1. The van der Waals surface area contributed by atoms with Crippen LogP contribution in [-0.4, -0.2) is 25.8 Å². The van der Waals surface area contributed by atoms with Crippen molar-refractivity contribution in [3.05, 3.63) is 28.0 Å². The number of hydrogen-bond donors (Lipinski definition) is 1. The summed E-state index contributed by atoms with van der Waals surface area (Å²) in [6, 6.07) is 2.07. The minimum absolute atomic E-state index is 0.321. The van der Waals surface area contributed by atoms with Gasteiger partial charge in [0.15, 0.2) is 4.34 Å². The summed E-state index contributed by atoms with van der Waals surface area (Å²) in [7, 11) is 1.92. The summed E-state index contributed by atoms with van der Waals surface area (Å²) in [5.41, 5.74) is 2.77. The van der Waals surface area contributed by atoms with Crippen molar-refractivity contribution in [2.24, 2.45) is 7.05 Å². The van der Waals surface area contributed by atoms with Crippen molar-refractivity contribution >= 4 is 29.1 Å². The Morgan fingerprint density at radius 3 is 2.84 bits per heavy atom. The van der Waals surface area contributed by atoms with Crippen LogP contribution in [-0.2, 0) is 19.2 Å². The highest BCUT2D eigenvalue weighted by Crippen LogP contribution is 2.29. The molecule has 0 atom stereocenters. The van der Waals surface area contributed by atoms with Crippen molar-refractivity contribution in [1.29, 1.82) is 0 Å². The molecule has 0 aromatic carbocycles. The molecule has 0 bridgehead atoms. The van der Waals surface area contributed by atoms with Crippen LogP contribution in [0.3, 0.4) is 0 Å². The van der Waals surface area contributed by atoms with Gasteiger partial charge in [-0.1, -0.05) is 18.7 Å². The first-order chi connectivity index (χ1) is 9.01. The zero-order chi connectivity index (χ0) is 14.0. The lowest BCUT2D eigenvalue weighted by atomic mass is 10.3. The van der Waals surface area contributed by atoms with Gasteiger partial charge >= 0.3 is 5.97 Å². The number of rotatable bonds is 5. The molecule has 0 aliphatic carbocycles. The summed E-state index contributed by atoms with van der Waals surface area (Å²) in [5, 5.41) is 13.4. The van der Waals surface area contributed by atoms with Crippen LogP contribution < -0.4 is 0 Å². The van der Waals surface area contributed by atoms with E-state index in [0.717, 1.165) is 27.9 Å². The highest BCUT2D eigenvalue weighted by atomic mass is 32.2. The molecule has 0 aliphatic rings. The van der Waals surface area contributed by atoms with Crippen LogP contribution in [0.1, 0.15) is 33.7 Å². The fourth-order valence-electron chi connectivity index (χ4n) is 1.65. The summed E-state index contributed by atoms with van der Waals surface area (Å²) >= 11 is 2.78. The quantitative estimate of drug-likeness (QED) is 0.859. The van der Waals surface area contributed by atoms with E-state index < -0.39 is 5.97 Å². The van der Waals surface area contributed by atoms with Crippen molar-refractivity contribution in [1.82, 2.24) is 14.8 Å². The summed E-state index contributed by atoms with van der Waals surface area (Å²) in [6.45, 7) is 3.80. The minimum Gasteiger partial charge on any atom is -0.477 e. The molecule has 102 valence electrons. The molecule has 0 aliphatic heterocycles. The Balaban J connectivity index is 2.08. The van der Waals surface area contributed by atoms with Crippen LogP contribution in [0.5, 0.6) is 0 Å². The van der Waals surface area contributed by atoms with Crippen molar-refractivity contribution in [2.75, 3.05) is 0 Å². The van der Waals surface area contributed by atoms with Crippen LogP contribution in [0.15, 0.2) is 10.4 Å². The molecule has 2 heterocycles. The van der Waals surface area contributed by atoms with Gasteiger partial charge in [0.1, 0.15) is 4.88 Å². The van der Waals surface area contributed by atoms with Crippen LogP contribution in [0, 0.1) is 6.92 Å². The summed E-state index contributed by atoms with van der Waals surface area (Å²) in [5.74, 6) is -0.161. The Kier molecular flexibility index (Phi) is 4.26. The number of thioether (sulfide) groups is 1. The zero-order valence-corrected chi connectivity index (χ0v) is 12.6. The first-order valence-electron chi connectivity index (χ1n) is 5.86. The van der Waals surface area contributed by atoms with Crippen LogP contribution >= 0.6 is 23.1 Å². The van der Waals surface area contributed by atoms with Crippen LogP contribution in [0.25, 0.3) is 0 Å². The second kappa shape index (κ2) is 5.75. The zero-order valence-electron chi connectivity index (χ0n) is 11.0. The number of aryl methyl sites for hydroxylation is 3. The van der Waals surface area contributed by atoms with Crippen molar-refractivity contribution < 1.29 is 9.90 Å². The Bertz CT molecular complexity index is 604. The van der Waals surface area contributed by atoms with E-state index >= 15 is 0 Å². The van der Waals surface area contributed by atoms with Crippen LogP contribution in [0.4, 0.5) is 0 Å². The number of nitrogens with zero attached hydrogens (tertiary/aromatic N) is 3. The number of carboxylic acid groups (broad SMARTS) is 1. The van der Waals surface area contributed by atoms with Gasteiger partial charge in [-0.2, -0.15) is 5.10 Å². The van der Waals surface area contributed by atoms with Gasteiger partial charge in [-0.05, 0) is 19.4 Å². The minimum atomic E-state index is -0.907. The second-order valence-electron chi connectivity index (χ2n) is 4.09. The third-order valence-corrected chi connectivity index (χ3v) is 5.03. The third kappa shape index (κ3) is 3.16. The highest BCUT2D eigenvalue weighted by molar-refractivity contribution is 8.00. The number of aromatic carboxylic acids is 1. The van der Waals surface area contributed by atoms with E-state index in [0.29, 0.717) is 10.6 Å². The third-order valence-electron chi connectivity index (χ3n) is 2.70. The van der Waals surface area contributed by atoms with Gasteiger partial charge in [0.2, 0.25) is 0 Å². The van der Waals surface area contributed by atoms with E-state index in [1.54, 1.807) is 18.7 Å². The van der Waals surface area contributed by atoms with Crippen molar-refractivity contribution in [2.45, 2.75) is 30.4 Å². The lowest BCUT2D eigenvalue weighted by Gasteiger charge is -1.98. The maximum absolute atomic E-state index is 11.0. The molecule has 0 saturated heterocycles. The molecule has 0 amide bonds. The van der Waals surface area contributed by atoms with Crippen molar-refractivity contribution in [3.8, 4) is 0 Å². The smallest absolute Gasteiger partial charge is 0.347 e. The predicted molar refractivity (Wildman–Crippen MR) is 76.0 cm³/mol. The molecule has 0 spiro atoms. The molecule has 19 heavy (non-hydrogen) atoms. The lowest BCUT2D eigenvalue weighted by molar-refractivity contribution is 0.0701. The molecule has 1 N–H and O–H groups in total. The van der Waals surface area contributed by atoms with E-state index in [-0.39, 0.29) is 0 Å². The Morgan fingerprint density at radius 1 is 1.58 bits per heavy atom. The maximum atomic E-state index is 11.0. The summed E-state index contributed by atoms with van der Waals surface area (Å²) in [6.07, 6.45) is 0.915.